The van der Waals surface area contributed by atoms with E-state index < -0.39 is 44.5 Å². The van der Waals surface area contributed by atoms with Crippen molar-refractivity contribution in [3.05, 3.63) is 0 Å². The van der Waals surface area contributed by atoms with Gasteiger partial charge in [0, 0.05) is 33.0 Å². The van der Waals surface area contributed by atoms with Crippen molar-refractivity contribution in [2.24, 2.45) is 32.5 Å². The van der Waals surface area contributed by atoms with Gasteiger partial charge in [0.1, 0.15) is 22.4 Å². The SMILES string of the molecule is CC(C)(C)OC(=O)CC1(CCO)CC1.CC(C)(C)OC(=O)CC1(CCOCCC2(CC(=O)OC(C)(C)C)CC2)CC1.CC(C)(C)OC(=O)CC1(CCOS(C)(=O)=O)CC1.O=C(O)CC1(CCOCCC2(CC(=O)O)CC2)CC1. The average molecular weight is 1130 g/mol. The van der Waals surface area contributed by atoms with E-state index in [4.69, 9.17) is 47.9 Å². The van der Waals surface area contributed by atoms with E-state index in [9.17, 15) is 37.2 Å². The van der Waals surface area contributed by atoms with Crippen molar-refractivity contribution in [1.29, 1.82) is 0 Å². The minimum Gasteiger partial charge on any atom is -0.481 e. The van der Waals surface area contributed by atoms with E-state index in [1.807, 2.05) is 83.1 Å². The number of carbonyl (C=O) groups is 6. The maximum Gasteiger partial charge on any atom is 0.306 e. The Morgan fingerprint density at radius 2 is 0.577 bits per heavy atom. The fourth-order valence-corrected chi connectivity index (χ4v) is 9.92. The third-order valence-corrected chi connectivity index (χ3v) is 15.8. The Morgan fingerprint density at radius 3 is 0.756 bits per heavy atom. The van der Waals surface area contributed by atoms with Gasteiger partial charge in [0.2, 0.25) is 0 Å². The zero-order valence-electron chi connectivity index (χ0n) is 50.1. The molecule has 0 aromatic rings. The number of hydrogen-bond donors (Lipinski definition) is 3. The smallest absolute Gasteiger partial charge is 0.306 e. The number of ether oxygens (including phenoxy) is 6. The third-order valence-electron chi connectivity index (χ3n) is 15.2. The number of hydrogen-bond acceptors (Lipinski definition) is 16. The Morgan fingerprint density at radius 1 is 0.372 bits per heavy atom. The van der Waals surface area contributed by atoms with Gasteiger partial charge < -0.3 is 43.7 Å². The molecule has 6 aliphatic rings. The molecule has 0 aliphatic heterocycles. The fraction of sp³-hybridized carbons (Fsp3) is 0.898. The number of aliphatic carboxylic acids is 2. The lowest BCUT2D eigenvalue weighted by Gasteiger charge is -2.22. The fourth-order valence-electron chi connectivity index (χ4n) is 9.53. The van der Waals surface area contributed by atoms with Gasteiger partial charge in [0.05, 0.1) is 51.4 Å². The Hall–Kier alpha value is -3.39. The van der Waals surface area contributed by atoms with Gasteiger partial charge in [0.15, 0.2) is 0 Å². The van der Waals surface area contributed by atoms with Crippen LogP contribution < -0.4 is 0 Å². The summed E-state index contributed by atoms with van der Waals surface area (Å²) >= 11 is 0. The van der Waals surface area contributed by atoms with E-state index in [1.54, 1.807) is 0 Å². The summed E-state index contributed by atoms with van der Waals surface area (Å²) in [6.45, 7) is 25.4. The lowest BCUT2D eigenvalue weighted by atomic mass is 9.98. The van der Waals surface area contributed by atoms with Crippen LogP contribution in [-0.2, 0) is 71.5 Å². The Bertz CT molecular complexity index is 2000. The Kier molecular flexibility index (Phi) is 24.8. The van der Waals surface area contributed by atoms with Crippen molar-refractivity contribution in [3.8, 4) is 0 Å². The molecule has 6 aliphatic carbocycles. The van der Waals surface area contributed by atoms with Crippen LogP contribution in [0.25, 0.3) is 0 Å². The molecule has 18 nitrogen and oxygen atoms in total. The van der Waals surface area contributed by atoms with E-state index in [2.05, 4.69) is 0 Å². The van der Waals surface area contributed by atoms with Crippen LogP contribution in [0.15, 0.2) is 0 Å². The van der Waals surface area contributed by atoms with Crippen LogP contribution in [0.3, 0.4) is 0 Å². The second-order valence-electron chi connectivity index (χ2n) is 28.2. The highest BCUT2D eigenvalue weighted by Gasteiger charge is 2.49. The van der Waals surface area contributed by atoms with Crippen LogP contribution in [0.4, 0.5) is 0 Å². The zero-order valence-corrected chi connectivity index (χ0v) is 50.9. The average Bonchev–Trinajstić information content (AvgIpc) is 4.00. The van der Waals surface area contributed by atoms with Crippen molar-refractivity contribution in [1.82, 2.24) is 0 Å². The van der Waals surface area contributed by atoms with Gasteiger partial charge in [-0.05, 0) is 231 Å². The number of carbonyl (C=O) groups excluding carboxylic acids is 4. The topological polar surface area (TPSA) is 262 Å². The van der Waals surface area contributed by atoms with E-state index in [0.29, 0.717) is 58.5 Å². The molecule has 0 amide bonds. The molecule has 78 heavy (non-hydrogen) atoms. The molecule has 0 spiro atoms. The highest BCUT2D eigenvalue weighted by atomic mass is 32.2. The van der Waals surface area contributed by atoms with Crippen molar-refractivity contribution in [2.75, 3.05) is 45.9 Å². The summed E-state index contributed by atoms with van der Waals surface area (Å²) in [5.41, 5.74) is -1.58. The number of carboxylic acids is 2. The Labute approximate surface area is 467 Å². The van der Waals surface area contributed by atoms with E-state index in [1.165, 1.54) is 0 Å². The monoisotopic (exact) mass is 1130 g/mol. The van der Waals surface area contributed by atoms with Crippen molar-refractivity contribution in [3.63, 3.8) is 0 Å². The summed E-state index contributed by atoms with van der Waals surface area (Å²) in [5.74, 6) is -2.02. The van der Waals surface area contributed by atoms with Gasteiger partial charge in [-0.1, -0.05) is 0 Å². The summed E-state index contributed by atoms with van der Waals surface area (Å²) in [5, 5.41) is 26.4. The molecule has 0 unspecified atom stereocenters. The maximum absolute atomic E-state index is 12.0. The van der Waals surface area contributed by atoms with E-state index in [0.717, 1.165) is 115 Å². The molecule has 6 rings (SSSR count). The minimum absolute atomic E-state index is 0.00976. The summed E-state index contributed by atoms with van der Waals surface area (Å²) in [4.78, 5) is 68.6. The van der Waals surface area contributed by atoms with Gasteiger partial charge in [-0.25, -0.2) is 0 Å². The molecular formula is C59H102O18S. The van der Waals surface area contributed by atoms with Crippen LogP contribution in [-0.4, -0.2) is 128 Å². The van der Waals surface area contributed by atoms with Crippen LogP contribution in [0, 0.1) is 32.5 Å². The summed E-state index contributed by atoms with van der Waals surface area (Å²) in [6, 6.07) is 0. The van der Waals surface area contributed by atoms with Gasteiger partial charge in [-0.3, -0.25) is 33.0 Å². The number of esters is 4. The summed E-state index contributed by atoms with van der Waals surface area (Å²) < 4.78 is 59.2. The van der Waals surface area contributed by atoms with Gasteiger partial charge in [-0.15, -0.1) is 0 Å². The summed E-state index contributed by atoms with van der Waals surface area (Å²) in [6.07, 6.45) is 20.3. The first-order chi connectivity index (χ1) is 35.7. The molecule has 0 atom stereocenters. The number of aliphatic hydroxyl groups is 1. The molecule has 0 saturated heterocycles. The first kappa shape index (κ1) is 68.9. The molecule has 0 heterocycles. The lowest BCUT2D eigenvalue weighted by Crippen LogP contribution is -2.26. The molecule has 0 bridgehead atoms. The van der Waals surface area contributed by atoms with Crippen LogP contribution in [0.2, 0.25) is 0 Å². The number of aliphatic hydroxyl groups excluding tert-OH is 1. The molecule has 0 radical (unpaired) electrons. The molecule has 3 N–H and O–H groups in total. The van der Waals surface area contributed by atoms with Gasteiger partial charge in [0.25, 0.3) is 10.1 Å². The quantitative estimate of drug-likeness (QED) is 0.0261. The van der Waals surface area contributed by atoms with Crippen molar-refractivity contribution < 1.29 is 85.1 Å². The Balaban J connectivity index is 0.000000281. The predicted molar refractivity (Wildman–Crippen MR) is 294 cm³/mol. The predicted octanol–water partition coefficient (Wildman–Crippen LogP) is 10.8. The van der Waals surface area contributed by atoms with Crippen LogP contribution >= 0.6 is 0 Å². The largest absolute Gasteiger partial charge is 0.481 e. The first-order valence-corrected chi connectivity index (χ1v) is 30.4. The van der Waals surface area contributed by atoms with Crippen LogP contribution in [0.5, 0.6) is 0 Å². The highest BCUT2D eigenvalue weighted by Crippen LogP contribution is 2.56. The standard InChI is InChI=1S/C22H38O5.C14H22O5.C12H22O5S.C11H20O3/c1-19(2,3)26-17(23)15-21(7-8-21)11-13-25-14-12-22(9-10-22)16-18(24)27-20(4,5)6;15-11(16)9-13(1-2-13)5-7-19-8-6-14(3-4-14)10-12(17)18;1-11(2,3)17-10(13)9-12(5-6-12)7-8-16-18(4,14)15;1-10(2,3)14-9(13)8-11(4-5-11)6-7-12/h7-16H2,1-6H3;1-10H2,(H,15,16)(H,17,18);5-9H2,1-4H3;12H,4-8H2,1-3H3. The number of rotatable bonds is 30. The highest BCUT2D eigenvalue weighted by molar-refractivity contribution is 7.85. The molecule has 452 valence electrons. The molecule has 0 aromatic heterocycles. The van der Waals surface area contributed by atoms with Crippen molar-refractivity contribution in [2.45, 2.75) is 260 Å². The molecular weight excluding hydrogens is 1030 g/mol. The second-order valence-corrected chi connectivity index (χ2v) is 29.8. The minimum atomic E-state index is -3.39. The normalized spacial score (nSPS) is 20.0. The molecule has 0 aromatic carbocycles. The van der Waals surface area contributed by atoms with Gasteiger partial charge in [-0.2, -0.15) is 8.42 Å². The van der Waals surface area contributed by atoms with Crippen molar-refractivity contribution >= 4 is 45.9 Å². The molecule has 6 fully saturated rings. The molecule has 6 saturated carbocycles. The van der Waals surface area contributed by atoms with E-state index >= 15 is 0 Å². The van der Waals surface area contributed by atoms with E-state index in [-0.39, 0.29) is 82.4 Å². The maximum atomic E-state index is 12.0. The first-order valence-electron chi connectivity index (χ1n) is 28.6. The number of carboxylic acid groups (broad SMARTS) is 2. The summed E-state index contributed by atoms with van der Waals surface area (Å²) in [7, 11) is -3.39. The third kappa shape index (κ3) is 31.6. The second kappa shape index (κ2) is 28.1. The molecule has 19 heteroatoms. The zero-order chi connectivity index (χ0) is 59.1. The van der Waals surface area contributed by atoms with Crippen LogP contribution in [0.1, 0.15) is 237 Å². The van der Waals surface area contributed by atoms with Gasteiger partial charge >= 0.3 is 35.8 Å². The lowest BCUT2D eigenvalue weighted by molar-refractivity contribution is -0.157.